The number of rotatable bonds is 5. The van der Waals surface area contributed by atoms with Crippen molar-refractivity contribution < 1.29 is 12.8 Å². The number of halogens is 1. The second-order valence-electron chi connectivity index (χ2n) is 4.76. The van der Waals surface area contributed by atoms with Gasteiger partial charge in [-0.3, -0.25) is 0 Å². The van der Waals surface area contributed by atoms with E-state index < -0.39 is 16.1 Å². The highest BCUT2D eigenvalue weighted by Crippen LogP contribution is 2.25. The van der Waals surface area contributed by atoms with Gasteiger partial charge in [0.05, 0.1) is 11.1 Å². The van der Waals surface area contributed by atoms with Crippen LogP contribution >= 0.6 is 11.6 Å². The second-order valence-corrected chi connectivity index (χ2v) is 6.85. The van der Waals surface area contributed by atoms with Gasteiger partial charge in [-0.1, -0.05) is 17.7 Å². The van der Waals surface area contributed by atoms with Crippen LogP contribution in [0.4, 0.5) is 0 Å². The van der Waals surface area contributed by atoms with Crippen molar-refractivity contribution >= 4 is 21.6 Å². The van der Waals surface area contributed by atoms with Crippen molar-refractivity contribution in [2.75, 3.05) is 0 Å². The molecule has 1 heterocycles. The first-order valence-electron chi connectivity index (χ1n) is 6.40. The van der Waals surface area contributed by atoms with Crippen LogP contribution in [0.2, 0.25) is 5.02 Å². The Balaban J connectivity index is 2.26. The molecule has 5 nitrogen and oxygen atoms in total. The van der Waals surface area contributed by atoms with Gasteiger partial charge in [-0.05, 0) is 43.7 Å². The molecule has 0 aliphatic heterocycles. The lowest BCUT2D eigenvalue weighted by atomic mass is 10.2. The van der Waals surface area contributed by atoms with Crippen LogP contribution in [0.1, 0.15) is 30.0 Å². The van der Waals surface area contributed by atoms with Crippen LogP contribution in [0.15, 0.2) is 39.6 Å². The Morgan fingerprint density at radius 3 is 2.57 bits per heavy atom. The van der Waals surface area contributed by atoms with Crippen molar-refractivity contribution in [3.63, 3.8) is 0 Å². The highest BCUT2D eigenvalue weighted by Gasteiger charge is 2.22. The average molecular weight is 329 g/mol. The van der Waals surface area contributed by atoms with E-state index in [4.69, 9.17) is 21.8 Å². The molecular weight excluding hydrogens is 312 g/mol. The maximum atomic E-state index is 12.4. The number of sulfonamides is 1. The maximum Gasteiger partial charge on any atom is 0.242 e. The molecule has 7 heteroatoms. The Morgan fingerprint density at radius 2 is 2.05 bits per heavy atom. The number of hydrogen-bond acceptors (Lipinski definition) is 4. The molecule has 2 aromatic rings. The Labute approximate surface area is 129 Å². The van der Waals surface area contributed by atoms with E-state index in [1.807, 2.05) is 0 Å². The molecule has 3 N–H and O–H groups in total. The summed E-state index contributed by atoms with van der Waals surface area (Å²) in [6.07, 6.45) is 0. The lowest BCUT2D eigenvalue weighted by molar-refractivity contribution is 0.441. The number of hydrogen-bond donors (Lipinski definition) is 2. The molecule has 0 spiro atoms. The van der Waals surface area contributed by atoms with Crippen LogP contribution in [0.3, 0.4) is 0 Å². The van der Waals surface area contributed by atoms with Gasteiger partial charge in [-0.2, -0.15) is 0 Å². The first kappa shape index (κ1) is 16.0. The lowest BCUT2D eigenvalue weighted by Crippen LogP contribution is -2.27. The minimum atomic E-state index is -3.74. The van der Waals surface area contributed by atoms with E-state index in [2.05, 4.69) is 4.72 Å². The molecule has 1 aromatic carbocycles. The van der Waals surface area contributed by atoms with Crippen molar-refractivity contribution in [2.24, 2.45) is 5.73 Å². The summed E-state index contributed by atoms with van der Waals surface area (Å²) in [4.78, 5) is 0.0245. The largest absolute Gasteiger partial charge is 0.465 e. The summed E-state index contributed by atoms with van der Waals surface area (Å²) in [5, 5.41) is 0.147. The second kappa shape index (κ2) is 6.19. The molecule has 1 unspecified atom stereocenters. The fourth-order valence-corrected chi connectivity index (χ4v) is 3.71. The Morgan fingerprint density at radius 1 is 1.33 bits per heavy atom. The molecule has 0 radical (unpaired) electrons. The SMILES string of the molecule is Cc1ccc(C(C)NS(=O)(=O)c2ccc(CN)cc2Cl)o1. The normalized spacial score (nSPS) is 13.3. The van der Waals surface area contributed by atoms with Crippen LogP contribution in [-0.4, -0.2) is 8.42 Å². The predicted molar refractivity (Wildman–Crippen MR) is 81.5 cm³/mol. The van der Waals surface area contributed by atoms with E-state index in [1.54, 1.807) is 38.1 Å². The minimum Gasteiger partial charge on any atom is -0.465 e. The lowest BCUT2D eigenvalue weighted by Gasteiger charge is -2.13. The van der Waals surface area contributed by atoms with E-state index in [1.165, 1.54) is 6.07 Å². The first-order valence-corrected chi connectivity index (χ1v) is 8.27. The summed E-state index contributed by atoms with van der Waals surface area (Å²) >= 11 is 6.03. The van der Waals surface area contributed by atoms with Gasteiger partial charge in [0.25, 0.3) is 0 Å². The van der Waals surface area contributed by atoms with Crippen LogP contribution in [0.5, 0.6) is 0 Å². The Hall–Kier alpha value is -1.34. The van der Waals surface area contributed by atoms with Gasteiger partial charge in [0.15, 0.2) is 0 Å². The minimum absolute atomic E-state index is 0.0245. The molecule has 1 atom stereocenters. The number of benzene rings is 1. The van der Waals surface area contributed by atoms with Crippen LogP contribution in [-0.2, 0) is 16.6 Å². The smallest absolute Gasteiger partial charge is 0.242 e. The van der Waals surface area contributed by atoms with E-state index in [-0.39, 0.29) is 9.92 Å². The van der Waals surface area contributed by atoms with Gasteiger partial charge in [0.1, 0.15) is 16.4 Å². The summed E-state index contributed by atoms with van der Waals surface area (Å²) in [7, 11) is -3.74. The zero-order chi connectivity index (χ0) is 15.6. The Bertz CT molecular complexity index is 740. The van der Waals surface area contributed by atoms with Gasteiger partial charge in [-0.15, -0.1) is 0 Å². The van der Waals surface area contributed by atoms with Crippen molar-refractivity contribution in [1.82, 2.24) is 4.72 Å². The summed E-state index contributed by atoms with van der Waals surface area (Å²) in [5.74, 6) is 1.27. The molecule has 21 heavy (non-hydrogen) atoms. The molecular formula is C14H17ClN2O3S. The quantitative estimate of drug-likeness (QED) is 0.883. The van der Waals surface area contributed by atoms with Gasteiger partial charge >= 0.3 is 0 Å². The molecule has 2 rings (SSSR count). The number of nitrogens with two attached hydrogens (primary N) is 1. The van der Waals surface area contributed by atoms with Crippen LogP contribution in [0, 0.1) is 6.92 Å². The van der Waals surface area contributed by atoms with E-state index >= 15 is 0 Å². The molecule has 0 bridgehead atoms. The molecule has 114 valence electrons. The summed E-state index contributed by atoms with van der Waals surface area (Å²) in [5.41, 5.74) is 6.27. The highest BCUT2D eigenvalue weighted by atomic mass is 35.5. The van der Waals surface area contributed by atoms with E-state index in [0.717, 1.165) is 11.3 Å². The highest BCUT2D eigenvalue weighted by molar-refractivity contribution is 7.89. The number of aryl methyl sites for hydroxylation is 1. The fourth-order valence-electron chi connectivity index (χ4n) is 1.93. The maximum absolute atomic E-state index is 12.4. The molecule has 0 aliphatic rings. The first-order chi connectivity index (χ1) is 9.83. The van der Waals surface area contributed by atoms with Crippen molar-refractivity contribution in [2.45, 2.75) is 31.3 Å². The zero-order valence-electron chi connectivity index (χ0n) is 11.8. The Kier molecular flexibility index (Phi) is 4.73. The number of nitrogens with one attached hydrogen (secondary N) is 1. The van der Waals surface area contributed by atoms with Crippen molar-refractivity contribution in [3.05, 3.63) is 52.4 Å². The average Bonchev–Trinajstić information content (AvgIpc) is 2.84. The van der Waals surface area contributed by atoms with Crippen molar-refractivity contribution in [1.29, 1.82) is 0 Å². The third-order valence-electron chi connectivity index (χ3n) is 3.04. The zero-order valence-corrected chi connectivity index (χ0v) is 13.3. The van der Waals surface area contributed by atoms with E-state index in [9.17, 15) is 8.42 Å². The molecule has 0 fully saturated rings. The molecule has 1 aromatic heterocycles. The summed E-state index contributed by atoms with van der Waals surface area (Å²) in [6.45, 7) is 3.81. The van der Waals surface area contributed by atoms with Crippen LogP contribution in [0.25, 0.3) is 0 Å². The summed E-state index contributed by atoms with van der Waals surface area (Å²) < 4.78 is 32.7. The standard InChI is InChI=1S/C14H17ClN2O3S/c1-9-3-5-13(20-9)10(2)17-21(18,19)14-6-4-11(8-16)7-12(14)15/h3-7,10,17H,8,16H2,1-2H3. The molecule has 0 aliphatic carbocycles. The molecule has 0 saturated carbocycles. The molecule has 0 amide bonds. The van der Waals surface area contributed by atoms with Gasteiger partial charge < -0.3 is 10.2 Å². The summed E-state index contributed by atoms with van der Waals surface area (Å²) in [6, 6.07) is 7.67. The topological polar surface area (TPSA) is 85.3 Å². The third-order valence-corrected chi connectivity index (χ3v) is 5.07. The van der Waals surface area contributed by atoms with Gasteiger partial charge in [-0.25, -0.2) is 13.1 Å². The third kappa shape index (κ3) is 3.65. The number of furan rings is 1. The van der Waals surface area contributed by atoms with Gasteiger partial charge in [0.2, 0.25) is 10.0 Å². The predicted octanol–water partition coefficient (Wildman–Crippen LogP) is 2.74. The van der Waals surface area contributed by atoms with Crippen molar-refractivity contribution in [3.8, 4) is 0 Å². The fraction of sp³-hybridized carbons (Fsp3) is 0.286. The van der Waals surface area contributed by atoms with Crippen LogP contribution < -0.4 is 10.5 Å². The monoisotopic (exact) mass is 328 g/mol. The molecule has 0 saturated heterocycles. The van der Waals surface area contributed by atoms with E-state index in [0.29, 0.717) is 12.3 Å². The van der Waals surface area contributed by atoms with Gasteiger partial charge in [0, 0.05) is 6.54 Å².